The lowest BCUT2D eigenvalue weighted by molar-refractivity contribution is -0.385. The summed E-state index contributed by atoms with van der Waals surface area (Å²) in [4.78, 5) is 38.9. The van der Waals surface area contributed by atoms with Crippen LogP contribution in [0.15, 0.2) is 10.9 Å². The molecule has 2 rings (SSSR count). The predicted molar refractivity (Wildman–Crippen MR) is 78.1 cm³/mol. The molecular weight excluding hydrogens is 318 g/mol. The van der Waals surface area contributed by atoms with E-state index in [1.54, 1.807) is 6.92 Å². The van der Waals surface area contributed by atoms with Crippen molar-refractivity contribution in [3.63, 3.8) is 0 Å². The van der Waals surface area contributed by atoms with Crippen LogP contribution < -0.4 is 16.5 Å². The molecule has 0 unspecified atom stereocenters. The van der Waals surface area contributed by atoms with E-state index in [1.165, 1.54) is 0 Å². The molecule has 0 saturated carbocycles. The van der Waals surface area contributed by atoms with Crippen LogP contribution >= 0.6 is 11.6 Å². The van der Waals surface area contributed by atoms with Gasteiger partial charge in [-0.25, -0.2) is 15.4 Å². The third-order valence-electron chi connectivity index (χ3n) is 3.00. The number of carbonyl (C=O) groups is 1. The van der Waals surface area contributed by atoms with Gasteiger partial charge in [0.05, 0.1) is 15.8 Å². The molecule has 0 saturated heterocycles. The molecule has 0 atom stereocenters. The number of nitrogens with zero attached hydrogens (tertiary/aromatic N) is 3. The zero-order chi connectivity index (χ0) is 16.6. The largest absolute Gasteiger partial charge is 0.464 e. The molecule has 0 aliphatic rings. The molecule has 2 aromatic rings. The van der Waals surface area contributed by atoms with Crippen molar-refractivity contribution in [3.8, 4) is 0 Å². The summed E-state index contributed by atoms with van der Waals surface area (Å²) in [6.45, 7) is 1.62. The number of benzene rings is 1. The number of halogens is 1. The van der Waals surface area contributed by atoms with Gasteiger partial charge in [-0.1, -0.05) is 18.5 Å². The predicted octanol–water partition coefficient (Wildman–Crippen LogP) is 1.41. The number of H-pyrrole nitrogens is 1. The number of nitro groups is 1. The Kier molecular flexibility index (Phi) is 3.97. The smallest absolute Gasteiger partial charge is 0.427 e. The second-order valence-electron chi connectivity index (χ2n) is 4.24. The van der Waals surface area contributed by atoms with Crippen molar-refractivity contribution in [1.82, 2.24) is 9.97 Å². The van der Waals surface area contributed by atoms with Crippen molar-refractivity contribution in [2.75, 3.05) is 5.01 Å². The molecule has 1 amide bonds. The Hall–Kier alpha value is -2.72. The zero-order valence-corrected chi connectivity index (χ0v) is 11.9. The summed E-state index contributed by atoms with van der Waals surface area (Å²) in [6, 6.07) is 1.16. The maximum Gasteiger partial charge on any atom is 0.427 e. The van der Waals surface area contributed by atoms with Crippen LogP contribution in [0.25, 0.3) is 10.9 Å². The summed E-state index contributed by atoms with van der Waals surface area (Å²) in [5.74, 6) is 4.98. The first-order valence-electron chi connectivity index (χ1n) is 5.95. The Labute approximate surface area is 127 Å². The number of anilines is 1. The van der Waals surface area contributed by atoms with E-state index in [1.807, 2.05) is 0 Å². The van der Waals surface area contributed by atoms with Gasteiger partial charge in [0.15, 0.2) is 5.82 Å². The number of aromatic nitrogens is 2. The van der Waals surface area contributed by atoms with Crippen LogP contribution in [0.1, 0.15) is 12.5 Å². The van der Waals surface area contributed by atoms with Crippen LogP contribution in [0, 0.1) is 10.1 Å². The fourth-order valence-electron chi connectivity index (χ4n) is 2.15. The number of nitrogens with one attached hydrogen (secondary N) is 1. The molecule has 1 aromatic carbocycles. The van der Waals surface area contributed by atoms with Gasteiger partial charge in [0.2, 0.25) is 0 Å². The highest BCUT2D eigenvalue weighted by Gasteiger charge is 2.26. The number of amides is 1. The number of hydrazine groups is 1. The molecule has 0 aliphatic heterocycles. The monoisotopic (exact) mass is 327 g/mol. The van der Waals surface area contributed by atoms with E-state index in [0.717, 1.165) is 6.07 Å². The molecule has 1 heterocycles. The molecule has 22 heavy (non-hydrogen) atoms. The normalized spacial score (nSPS) is 10.7. The number of nitro benzene ring substituents is 1. The quantitative estimate of drug-likeness (QED) is 0.333. The standard InChI is InChI=1S/C11H10ClN5O5/c1-2-4-7-6(3-5(12)8(4)17(21)22)14-10(18)15-9(7)16(13)11(19)20/h3H,2,13H2,1H3,(H,19,20)(H,14,15,18). The van der Waals surface area contributed by atoms with E-state index in [4.69, 9.17) is 22.6 Å². The third kappa shape index (κ3) is 2.44. The molecule has 0 bridgehead atoms. The number of aryl methyl sites for hydroxylation is 1. The minimum absolute atomic E-state index is 0.0584. The Bertz CT molecular complexity index is 849. The van der Waals surface area contributed by atoms with Crippen LogP contribution in [0.3, 0.4) is 0 Å². The summed E-state index contributed by atoms with van der Waals surface area (Å²) in [7, 11) is 0. The van der Waals surface area contributed by atoms with Gasteiger partial charge in [0.25, 0.3) is 5.69 Å². The average Bonchev–Trinajstić information content (AvgIpc) is 2.43. The highest BCUT2D eigenvalue weighted by atomic mass is 35.5. The lowest BCUT2D eigenvalue weighted by Crippen LogP contribution is -2.38. The molecular formula is C11H10ClN5O5. The maximum atomic E-state index is 11.5. The number of hydrogen-bond acceptors (Lipinski definition) is 6. The number of carboxylic acid groups (broad SMARTS) is 1. The first-order valence-corrected chi connectivity index (χ1v) is 6.33. The second-order valence-corrected chi connectivity index (χ2v) is 4.64. The van der Waals surface area contributed by atoms with E-state index in [9.17, 15) is 19.7 Å². The van der Waals surface area contributed by atoms with Gasteiger partial charge in [-0.15, -0.1) is 0 Å². The van der Waals surface area contributed by atoms with E-state index >= 15 is 0 Å². The highest BCUT2D eigenvalue weighted by Crippen LogP contribution is 2.37. The van der Waals surface area contributed by atoms with Gasteiger partial charge in [-0.2, -0.15) is 9.99 Å². The number of nitrogens with two attached hydrogens (primary N) is 1. The summed E-state index contributed by atoms with van der Waals surface area (Å²) >= 11 is 5.88. The van der Waals surface area contributed by atoms with Crippen molar-refractivity contribution in [2.24, 2.45) is 5.84 Å². The van der Waals surface area contributed by atoms with Crippen LogP contribution in [0.2, 0.25) is 5.02 Å². The number of rotatable bonds is 3. The number of hydrogen-bond donors (Lipinski definition) is 3. The van der Waals surface area contributed by atoms with E-state index in [-0.39, 0.29) is 38.6 Å². The Balaban J connectivity index is 3.03. The second kappa shape index (κ2) is 5.58. The number of aromatic amines is 1. The fourth-order valence-corrected chi connectivity index (χ4v) is 2.44. The SMILES string of the molecule is CCc1c([N+](=O)[O-])c(Cl)cc2[nH]c(=O)nc(N(N)C(=O)O)c12. The van der Waals surface area contributed by atoms with Crippen LogP contribution in [-0.2, 0) is 6.42 Å². The van der Waals surface area contributed by atoms with Gasteiger partial charge in [-0.05, 0) is 12.5 Å². The van der Waals surface area contributed by atoms with Gasteiger partial charge >= 0.3 is 11.8 Å². The Morgan fingerprint density at radius 1 is 1.64 bits per heavy atom. The van der Waals surface area contributed by atoms with E-state index in [2.05, 4.69) is 9.97 Å². The summed E-state index contributed by atoms with van der Waals surface area (Å²) in [6.07, 6.45) is -1.42. The van der Waals surface area contributed by atoms with E-state index < -0.39 is 22.5 Å². The lowest BCUT2D eigenvalue weighted by atomic mass is 10.0. The van der Waals surface area contributed by atoms with Crippen LogP contribution in [0.4, 0.5) is 16.3 Å². The first-order chi connectivity index (χ1) is 10.3. The lowest BCUT2D eigenvalue weighted by Gasteiger charge is -2.15. The molecule has 0 fully saturated rings. The van der Waals surface area contributed by atoms with Crippen molar-refractivity contribution in [1.29, 1.82) is 0 Å². The molecule has 10 nitrogen and oxygen atoms in total. The van der Waals surface area contributed by atoms with Crippen molar-refractivity contribution < 1.29 is 14.8 Å². The minimum atomic E-state index is -1.57. The summed E-state index contributed by atoms with van der Waals surface area (Å²) in [5.41, 5.74) is -1.00. The van der Waals surface area contributed by atoms with Crippen LogP contribution in [0.5, 0.6) is 0 Å². The zero-order valence-electron chi connectivity index (χ0n) is 11.2. The molecule has 116 valence electrons. The Morgan fingerprint density at radius 2 is 2.27 bits per heavy atom. The minimum Gasteiger partial charge on any atom is -0.464 e. The molecule has 0 aliphatic carbocycles. The van der Waals surface area contributed by atoms with Gasteiger partial charge in [0, 0.05) is 5.56 Å². The van der Waals surface area contributed by atoms with Gasteiger partial charge in [-0.3, -0.25) is 10.1 Å². The maximum absolute atomic E-state index is 11.5. The van der Waals surface area contributed by atoms with Gasteiger partial charge in [0.1, 0.15) is 5.02 Å². The Morgan fingerprint density at radius 3 is 2.77 bits per heavy atom. The summed E-state index contributed by atoms with van der Waals surface area (Å²) < 4.78 is 0. The highest BCUT2D eigenvalue weighted by molar-refractivity contribution is 6.34. The topological polar surface area (TPSA) is 155 Å². The van der Waals surface area contributed by atoms with Gasteiger partial charge < -0.3 is 10.1 Å². The third-order valence-corrected chi connectivity index (χ3v) is 3.29. The van der Waals surface area contributed by atoms with Crippen molar-refractivity contribution in [2.45, 2.75) is 13.3 Å². The molecule has 11 heteroatoms. The molecule has 0 spiro atoms. The fraction of sp³-hybridized carbons (Fsp3) is 0.182. The summed E-state index contributed by atoms with van der Waals surface area (Å²) in [5, 5.41) is 20.3. The number of fused-ring (bicyclic) bond motifs is 1. The molecule has 4 N–H and O–H groups in total. The average molecular weight is 328 g/mol. The van der Waals surface area contributed by atoms with Crippen LogP contribution in [-0.4, -0.2) is 26.1 Å². The van der Waals surface area contributed by atoms with E-state index in [0.29, 0.717) is 0 Å². The first kappa shape index (κ1) is 15.7. The molecule has 1 aromatic heterocycles. The van der Waals surface area contributed by atoms with Crippen molar-refractivity contribution in [3.05, 3.63) is 37.3 Å². The molecule has 0 radical (unpaired) electrons. The van der Waals surface area contributed by atoms with Crippen molar-refractivity contribution >= 4 is 40.1 Å².